The van der Waals surface area contributed by atoms with E-state index in [4.69, 9.17) is 9.11 Å². The minimum atomic E-state index is -2.73. The molecule has 6 heteroatoms. The lowest BCUT2D eigenvalue weighted by atomic mass is 10.8. The van der Waals surface area contributed by atoms with E-state index in [-0.39, 0.29) is 12.3 Å². The molecule has 0 aromatic rings. The van der Waals surface area contributed by atoms with Gasteiger partial charge in [-0.05, 0) is 0 Å². The zero-order chi connectivity index (χ0) is 6.20. The van der Waals surface area contributed by atoms with Gasteiger partial charge in [0, 0.05) is 6.54 Å². The van der Waals surface area contributed by atoms with Crippen LogP contribution >= 0.6 is 10.8 Å². The molecule has 1 saturated heterocycles. The standard InChI is InChI=1S/C2H7N2O3S/c5-4-1-2-8(6,7)3-4/h3,6-7H,1-2H2/q-1. The third kappa shape index (κ3) is 1.31. The lowest BCUT2D eigenvalue weighted by molar-refractivity contribution is 0.373. The number of rotatable bonds is 0. The minimum absolute atomic E-state index is 0.135. The summed E-state index contributed by atoms with van der Waals surface area (Å²) >= 11 is 0. The first kappa shape index (κ1) is 6.27. The molecule has 0 amide bonds. The fraction of sp³-hybridized carbons (Fsp3) is 1.00. The summed E-state index contributed by atoms with van der Waals surface area (Å²) in [6, 6.07) is 0. The lowest BCUT2D eigenvalue weighted by Crippen LogP contribution is -2.25. The summed E-state index contributed by atoms with van der Waals surface area (Å²) in [7, 11) is -2.73. The molecule has 8 heavy (non-hydrogen) atoms. The van der Waals surface area contributed by atoms with Crippen molar-refractivity contribution in [2.24, 2.45) is 0 Å². The summed E-state index contributed by atoms with van der Waals surface area (Å²) in [5.41, 5.74) is 0. The van der Waals surface area contributed by atoms with E-state index < -0.39 is 10.8 Å². The van der Waals surface area contributed by atoms with Crippen LogP contribution < -0.4 is 4.83 Å². The molecule has 1 aliphatic rings. The molecule has 1 aliphatic heterocycles. The highest BCUT2D eigenvalue weighted by atomic mass is 32.3. The summed E-state index contributed by atoms with van der Waals surface area (Å²) in [6.07, 6.45) is 0. The Morgan fingerprint density at radius 3 is 2.38 bits per heavy atom. The van der Waals surface area contributed by atoms with Crippen LogP contribution in [0.5, 0.6) is 0 Å². The largest absolute Gasteiger partial charge is 0.770 e. The Morgan fingerprint density at radius 2 is 2.25 bits per heavy atom. The number of nitrogens with zero attached hydrogens (tertiary/aromatic N) is 1. The van der Waals surface area contributed by atoms with Crippen molar-refractivity contribution in [3.05, 3.63) is 5.21 Å². The minimum Gasteiger partial charge on any atom is -0.770 e. The molecule has 50 valence electrons. The third-order valence-corrected chi connectivity index (χ3v) is 2.07. The van der Waals surface area contributed by atoms with Crippen molar-refractivity contribution in [2.75, 3.05) is 12.3 Å². The first-order valence-electron chi connectivity index (χ1n) is 2.08. The molecule has 0 atom stereocenters. The average molecular weight is 139 g/mol. The van der Waals surface area contributed by atoms with E-state index in [1.54, 1.807) is 0 Å². The Labute approximate surface area is 48.3 Å². The normalized spacial score (nSPS) is 32.9. The summed E-state index contributed by atoms with van der Waals surface area (Å²) in [5, 5.41) is 10.6. The summed E-state index contributed by atoms with van der Waals surface area (Å²) in [4.78, 5) is 1.97. The zero-order valence-electron chi connectivity index (χ0n) is 4.07. The molecular formula is C2H7N2O3S-. The predicted molar refractivity (Wildman–Crippen MR) is 30.9 cm³/mol. The van der Waals surface area contributed by atoms with Gasteiger partial charge in [-0.2, -0.15) is 4.83 Å². The fourth-order valence-corrected chi connectivity index (χ4v) is 1.39. The molecule has 0 bridgehead atoms. The maximum Gasteiger partial charge on any atom is 0.0672 e. The van der Waals surface area contributed by atoms with Crippen LogP contribution in [0, 0.1) is 5.21 Å². The Balaban J connectivity index is 2.44. The van der Waals surface area contributed by atoms with Gasteiger partial charge in [0.2, 0.25) is 0 Å². The molecule has 3 N–H and O–H groups in total. The number of hydrogen-bond donors (Lipinski definition) is 3. The van der Waals surface area contributed by atoms with Crippen molar-refractivity contribution < 1.29 is 9.11 Å². The van der Waals surface area contributed by atoms with Crippen LogP contribution in [0.3, 0.4) is 0 Å². The van der Waals surface area contributed by atoms with Gasteiger partial charge in [-0.15, -0.1) is 10.8 Å². The third-order valence-electron chi connectivity index (χ3n) is 0.827. The number of nitrogens with one attached hydrogen (secondary N) is 1. The Bertz CT molecular complexity index is 97.3. The Morgan fingerprint density at radius 1 is 1.62 bits per heavy atom. The van der Waals surface area contributed by atoms with Crippen molar-refractivity contribution in [1.82, 2.24) is 10.0 Å². The van der Waals surface area contributed by atoms with Gasteiger partial charge >= 0.3 is 0 Å². The second kappa shape index (κ2) is 1.83. The molecule has 0 radical (unpaired) electrons. The molecule has 0 aromatic heterocycles. The van der Waals surface area contributed by atoms with Crippen LogP contribution in [0.15, 0.2) is 0 Å². The molecule has 0 unspecified atom stereocenters. The molecular weight excluding hydrogens is 132 g/mol. The van der Waals surface area contributed by atoms with E-state index in [0.717, 1.165) is 0 Å². The molecule has 1 fully saturated rings. The molecule has 0 spiro atoms. The van der Waals surface area contributed by atoms with Crippen molar-refractivity contribution in [3.63, 3.8) is 0 Å². The van der Waals surface area contributed by atoms with Crippen molar-refractivity contribution in [1.29, 1.82) is 0 Å². The van der Waals surface area contributed by atoms with Crippen LogP contribution in [-0.2, 0) is 0 Å². The fourth-order valence-electron chi connectivity index (χ4n) is 0.465. The molecule has 1 heterocycles. The highest BCUT2D eigenvalue weighted by Gasteiger charge is 2.18. The van der Waals surface area contributed by atoms with E-state index in [1.807, 2.05) is 4.83 Å². The molecule has 5 nitrogen and oxygen atoms in total. The summed E-state index contributed by atoms with van der Waals surface area (Å²) in [6.45, 7) is 0.155. The van der Waals surface area contributed by atoms with Gasteiger partial charge < -0.3 is 10.4 Å². The quantitative estimate of drug-likeness (QED) is 0.439. The summed E-state index contributed by atoms with van der Waals surface area (Å²) in [5.74, 6) is 0.135. The van der Waals surface area contributed by atoms with Gasteiger partial charge in [-0.25, -0.2) is 0 Å². The van der Waals surface area contributed by atoms with E-state index in [2.05, 4.69) is 0 Å². The van der Waals surface area contributed by atoms with E-state index in [1.165, 1.54) is 0 Å². The Kier molecular flexibility index (Phi) is 1.44. The van der Waals surface area contributed by atoms with E-state index in [9.17, 15) is 5.21 Å². The van der Waals surface area contributed by atoms with Gasteiger partial charge in [-0.3, -0.25) is 9.11 Å². The Hall–Kier alpha value is 0.150. The topological polar surface area (TPSA) is 78.8 Å². The number of hydrazine groups is 1. The van der Waals surface area contributed by atoms with Crippen LogP contribution in [0.4, 0.5) is 0 Å². The maximum absolute atomic E-state index is 10.2. The number of hydroxylamine groups is 1. The van der Waals surface area contributed by atoms with Gasteiger partial charge in [0.25, 0.3) is 0 Å². The van der Waals surface area contributed by atoms with Crippen LogP contribution in [-0.4, -0.2) is 26.6 Å². The highest BCUT2D eigenvalue weighted by Crippen LogP contribution is 2.36. The maximum atomic E-state index is 10.2. The summed E-state index contributed by atoms with van der Waals surface area (Å²) < 4.78 is 17.3. The second-order valence-corrected chi connectivity index (χ2v) is 3.49. The molecule has 0 saturated carbocycles. The predicted octanol–water partition coefficient (Wildman–Crippen LogP) is -0.0300. The van der Waals surface area contributed by atoms with E-state index in [0.29, 0.717) is 5.17 Å². The van der Waals surface area contributed by atoms with Crippen LogP contribution in [0.25, 0.3) is 0 Å². The van der Waals surface area contributed by atoms with Crippen molar-refractivity contribution in [3.8, 4) is 0 Å². The second-order valence-electron chi connectivity index (χ2n) is 1.56. The zero-order valence-corrected chi connectivity index (χ0v) is 4.89. The molecule has 0 aliphatic carbocycles. The van der Waals surface area contributed by atoms with Crippen molar-refractivity contribution >= 4 is 10.8 Å². The molecule has 1 rings (SSSR count). The SMILES string of the molecule is [O-]N1CCS(O)(O)N1. The van der Waals surface area contributed by atoms with E-state index >= 15 is 0 Å². The van der Waals surface area contributed by atoms with Gasteiger partial charge in [0.15, 0.2) is 0 Å². The van der Waals surface area contributed by atoms with Gasteiger partial charge in [0.1, 0.15) is 0 Å². The van der Waals surface area contributed by atoms with Crippen molar-refractivity contribution in [2.45, 2.75) is 0 Å². The highest BCUT2D eigenvalue weighted by molar-refractivity contribution is 8.22. The first-order valence-corrected chi connectivity index (χ1v) is 3.80. The first-order chi connectivity index (χ1) is 3.60. The number of hydrogen-bond acceptors (Lipinski definition) is 5. The van der Waals surface area contributed by atoms with Gasteiger partial charge in [-0.1, -0.05) is 0 Å². The van der Waals surface area contributed by atoms with Crippen LogP contribution in [0.1, 0.15) is 0 Å². The lowest BCUT2D eigenvalue weighted by Gasteiger charge is -2.29. The smallest absolute Gasteiger partial charge is 0.0672 e. The average Bonchev–Trinajstić information content (AvgIpc) is 1.82. The monoisotopic (exact) mass is 139 g/mol. The molecule has 0 aromatic carbocycles. The van der Waals surface area contributed by atoms with Gasteiger partial charge in [0.05, 0.1) is 5.75 Å². The van der Waals surface area contributed by atoms with Crippen LogP contribution in [0.2, 0.25) is 0 Å².